The standard InChI is InChI=1S/C16H26F3N3O/c1-11(15(23)20-10-16(17,18)19)21-4-6-22(7-5-21)14-9-12-2-3-13(14)8-12/h11-14H,2-10H2,1H3,(H,20,23). The molecule has 3 fully saturated rings. The second-order valence-corrected chi connectivity index (χ2v) is 7.32. The summed E-state index contributed by atoms with van der Waals surface area (Å²) in [5.74, 6) is 1.23. The van der Waals surface area contributed by atoms with Gasteiger partial charge in [-0.15, -0.1) is 0 Å². The van der Waals surface area contributed by atoms with Gasteiger partial charge in [-0.25, -0.2) is 0 Å². The zero-order valence-corrected chi connectivity index (χ0v) is 13.6. The lowest BCUT2D eigenvalue weighted by atomic mass is 9.93. The van der Waals surface area contributed by atoms with E-state index in [1.807, 2.05) is 10.2 Å². The third kappa shape index (κ3) is 3.99. The first-order valence-electron chi connectivity index (χ1n) is 8.66. The van der Waals surface area contributed by atoms with Crippen LogP contribution in [0.5, 0.6) is 0 Å². The average Bonchev–Trinajstić information content (AvgIpc) is 3.14. The molecule has 0 spiro atoms. The molecule has 1 saturated heterocycles. The summed E-state index contributed by atoms with van der Waals surface area (Å²) in [5, 5.41) is 1.99. The van der Waals surface area contributed by atoms with Crippen LogP contribution >= 0.6 is 0 Å². The second kappa shape index (κ2) is 6.59. The Morgan fingerprint density at radius 3 is 2.39 bits per heavy atom. The Morgan fingerprint density at radius 1 is 1.17 bits per heavy atom. The molecule has 2 aliphatic carbocycles. The van der Waals surface area contributed by atoms with Gasteiger partial charge < -0.3 is 5.32 Å². The molecule has 2 saturated carbocycles. The summed E-state index contributed by atoms with van der Waals surface area (Å²) in [7, 11) is 0. The zero-order valence-electron chi connectivity index (χ0n) is 13.6. The van der Waals surface area contributed by atoms with E-state index in [4.69, 9.17) is 0 Å². The van der Waals surface area contributed by atoms with Crippen LogP contribution in [-0.2, 0) is 4.79 Å². The minimum Gasteiger partial charge on any atom is -0.346 e. The Morgan fingerprint density at radius 2 is 1.87 bits per heavy atom. The quantitative estimate of drug-likeness (QED) is 0.853. The summed E-state index contributed by atoms with van der Waals surface area (Å²) in [4.78, 5) is 16.4. The summed E-state index contributed by atoms with van der Waals surface area (Å²) in [6.07, 6.45) is 1.08. The molecule has 2 bridgehead atoms. The van der Waals surface area contributed by atoms with Crippen molar-refractivity contribution < 1.29 is 18.0 Å². The van der Waals surface area contributed by atoms with Crippen LogP contribution in [0.3, 0.4) is 0 Å². The van der Waals surface area contributed by atoms with Gasteiger partial charge in [0.2, 0.25) is 5.91 Å². The summed E-state index contributed by atoms with van der Waals surface area (Å²) in [6, 6.07) is 0.199. The van der Waals surface area contributed by atoms with Crippen LogP contribution in [0.15, 0.2) is 0 Å². The van der Waals surface area contributed by atoms with Gasteiger partial charge in [-0.2, -0.15) is 13.2 Å². The number of rotatable bonds is 4. The van der Waals surface area contributed by atoms with Gasteiger partial charge in [0, 0.05) is 32.2 Å². The number of hydrogen-bond donors (Lipinski definition) is 1. The highest BCUT2D eigenvalue weighted by Crippen LogP contribution is 2.46. The topological polar surface area (TPSA) is 35.6 Å². The van der Waals surface area contributed by atoms with Crippen LogP contribution < -0.4 is 5.32 Å². The molecule has 0 aromatic carbocycles. The molecule has 1 amide bonds. The first-order valence-corrected chi connectivity index (χ1v) is 8.66. The third-order valence-electron chi connectivity index (χ3n) is 5.91. The van der Waals surface area contributed by atoms with Crippen LogP contribution in [0, 0.1) is 11.8 Å². The fourth-order valence-corrected chi connectivity index (χ4v) is 4.62. The monoisotopic (exact) mass is 333 g/mol. The molecule has 3 aliphatic rings. The fraction of sp³-hybridized carbons (Fsp3) is 0.938. The van der Waals surface area contributed by atoms with Gasteiger partial charge in [0.1, 0.15) is 6.54 Å². The van der Waals surface area contributed by atoms with E-state index in [0.717, 1.165) is 38.0 Å². The summed E-state index contributed by atoms with van der Waals surface area (Å²) in [5.41, 5.74) is 0. The van der Waals surface area contributed by atoms with Crippen molar-refractivity contribution in [3.8, 4) is 0 Å². The van der Waals surface area contributed by atoms with Gasteiger partial charge in [0.05, 0.1) is 6.04 Å². The maximum Gasteiger partial charge on any atom is 0.405 e. The molecule has 4 unspecified atom stereocenters. The second-order valence-electron chi connectivity index (χ2n) is 7.32. The minimum atomic E-state index is -4.35. The van der Waals surface area contributed by atoms with E-state index in [9.17, 15) is 18.0 Å². The van der Waals surface area contributed by atoms with Gasteiger partial charge >= 0.3 is 6.18 Å². The van der Waals surface area contributed by atoms with Gasteiger partial charge in [0.25, 0.3) is 0 Å². The molecule has 4 atom stereocenters. The molecule has 0 aromatic rings. The number of amides is 1. The summed E-state index contributed by atoms with van der Waals surface area (Å²) >= 11 is 0. The Hall–Kier alpha value is -0.820. The first-order chi connectivity index (χ1) is 10.8. The van der Waals surface area contributed by atoms with Crippen molar-refractivity contribution in [3.05, 3.63) is 0 Å². The Bertz CT molecular complexity index is 435. The van der Waals surface area contributed by atoms with Crippen molar-refractivity contribution in [1.29, 1.82) is 0 Å². The van der Waals surface area contributed by atoms with E-state index in [1.54, 1.807) is 6.92 Å². The third-order valence-corrected chi connectivity index (χ3v) is 5.91. The van der Waals surface area contributed by atoms with Crippen LogP contribution in [0.25, 0.3) is 0 Å². The van der Waals surface area contributed by atoms with E-state index in [0.29, 0.717) is 6.04 Å². The number of carbonyl (C=O) groups excluding carboxylic acids is 1. The molecular weight excluding hydrogens is 307 g/mol. The maximum atomic E-state index is 12.2. The minimum absolute atomic E-state index is 0.500. The van der Waals surface area contributed by atoms with Crippen molar-refractivity contribution in [2.45, 2.75) is 50.9 Å². The van der Waals surface area contributed by atoms with Crippen LogP contribution in [0.4, 0.5) is 13.2 Å². The van der Waals surface area contributed by atoms with Gasteiger partial charge in [-0.3, -0.25) is 14.6 Å². The highest BCUT2D eigenvalue weighted by molar-refractivity contribution is 5.81. The van der Waals surface area contributed by atoms with Gasteiger partial charge in [-0.05, 0) is 38.0 Å². The maximum absolute atomic E-state index is 12.2. The first kappa shape index (κ1) is 17.0. The normalized spacial score (nSPS) is 33.8. The molecule has 0 aromatic heterocycles. The highest BCUT2D eigenvalue weighted by atomic mass is 19.4. The lowest BCUT2D eigenvalue weighted by Gasteiger charge is -2.42. The van der Waals surface area contributed by atoms with Gasteiger partial charge in [0.15, 0.2) is 0 Å². The number of carbonyl (C=O) groups is 1. The molecule has 7 heteroatoms. The van der Waals surface area contributed by atoms with Crippen LogP contribution in [0.2, 0.25) is 0 Å². The molecule has 1 aliphatic heterocycles. The SMILES string of the molecule is CC(C(=O)NCC(F)(F)F)N1CCN(C2CC3CCC2C3)CC1. The van der Waals surface area contributed by atoms with Crippen LogP contribution in [-0.4, -0.2) is 66.7 Å². The predicted molar refractivity (Wildman–Crippen MR) is 80.9 cm³/mol. The number of halogens is 3. The largest absolute Gasteiger partial charge is 0.405 e. The molecule has 23 heavy (non-hydrogen) atoms. The zero-order chi connectivity index (χ0) is 16.6. The number of nitrogens with zero attached hydrogens (tertiary/aromatic N) is 2. The molecule has 1 heterocycles. The van der Waals surface area contributed by atoms with E-state index < -0.39 is 24.7 Å². The summed E-state index contributed by atoms with van der Waals surface area (Å²) in [6.45, 7) is 3.80. The van der Waals surface area contributed by atoms with Crippen molar-refractivity contribution in [2.24, 2.45) is 11.8 Å². The lowest BCUT2D eigenvalue weighted by Crippen LogP contribution is -2.56. The lowest BCUT2D eigenvalue weighted by molar-refractivity contribution is -0.141. The number of fused-ring (bicyclic) bond motifs is 2. The van der Waals surface area contributed by atoms with Crippen molar-refractivity contribution in [3.63, 3.8) is 0 Å². The van der Waals surface area contributed by atoms with Crippen molar-refractivity contribution in [2.75, 3.05) is 32.7 Å². The Labute approximate surface area is 135 Å². The summed E-state index contributed by atoms with van der Waals surface area (Å²) < 4.78 is 36.6. The number of hydrogen-bond acceptors (Lipinski definition) is 3. The van der Waals surface area contributed by atoms with E-state index >= 15 is 0 Å². The Kier molecular flexibility index (Phi) is 4.88. The molecule has 132 valence electrons. The number of nitrogens with one attached hydrogen (secondary N) is 1. The Balaban J connectivity index is 1.44. The number of alkyl halides is 3. The van der Waals surface area contributed by atoms with Crippen molar-refractivity contribution in [1.82, 2.24) is 15.1 Å². The molecule has 1 N–H and O–H groups in total. The van der Waals surface area contributed by atoms with Gasteiger partial charge in [-0.1, -0.05) is 6.42 Å². The van der Waals surface area contributed by atoms with Crippen LogP contribution in [0.1, 0.15) is 32.6 Å². The fourth-order valence-electron chi connectivity index (χ4n) is 4.62. The van der Waals surface area contributed by atoms with E-state index in [1.165, 1.54) is 25.7 Å². The average molecular weight is 333 g/mol. The molecule has 4 nitrogen and oxygen atoms in total. The molecule has 3 rings (SSSR count). The molecule has 0 radical (unpaired) electrons. The molecular formula is C16H26F3N3O. The van der Waals surface area contributed by atoms with Crippen molar-refractivity contribution >= 4 is 5.91 Å². The van der Waals surface area contributed by atoms with E-state index in [2.05, 4.69) is 4.90 Å². The smallest absolute Gasteiger partial charge is 0.346 e. The number of piperazine rings is 1. The predicted octanol–water partition coefficient (Wildman–Crippen LogP) is 1.86. The van der Waals surface area contributed by atoms with E-state index in [-0.39, 0.29) is 0 Å². The highest BCUT2D eigenvalue weighted by Gasteiger charge is 2.43.